The summed E-state index contributed by atoms with van der Waals surface area (Å²) in [5.74, 6) is -0.664. The Bertz CT molecular complexity index is 445. The molecule has 0 radical (unpaired) electrons. The predicted molar refractivity (Wildman–Crippen MR) is 66.2 cm³/mol. The predicted octanol–water partition coefficient (Wildman–Crippen LogP) is 3.01. The summed E-state index contributed by atoms with van der Waals surface area (Å²) in [5.41, 5.74) is 0.345. The van der Waals surface area contributed by atoms with Crippen molar-refractivity contribution in [3.63, 3.8) is 0 Å². The van der Waals surface area contributed by atoms with Crippen LogP contribution in [0.5, 0.6) is 0 Å². The molecule has 1 aliphatic heterocycles. The van der Waals surface area contributed by atoms with Crippen LogP contribution in [0.15, 0.2) is 12.1 Å². The van der Waals surface area contributed by atoms with Gasteiger partial charge in [-0.05, 0) is 25.0 Å². The molecular weight excluding hydrogens is 281 g/mol. The Hall–Kier alpha value is -1.01. The molecule has 1 saturated heterocycles. The number of rotatable bonds is 2. The summed E-state index contributed by atoms with van der Waals surface area (Å²) in [6.45, 7) is 0.332. The van der Waals surface area contributed by atoms with Crippen LogP contribution in [-0.4, -0.2) is 29.4 Å². The number of anilines is 1. The molecule has 1 aliphatic rings. The Kier molecular flexibility index (Phi) is 4.20. The van der Waals surface area contributed by atoms with Crippen molar-refractivity contribution in [1.29, 1.82) is 0 Å². The quantitative estimate of drug-likeness (QED) is 0.911. The lowest BCUT2D eigenvalue weighted by Crippen LogP contribution is -2.39. The lowest BCUT2D eigenvalue weighted by molar-refractivity contribution is -0.179. The van der Waals surface area contributed by atoms with Crippen LogP contribution < -0.4 is 4.90 Å². The molecule has 0 saturated carbocycles. The summed E-state index contributed by atoms with van der Waals surface area (Å²) < 4.78 is 37.7. The monoisotopic (exact) mass is 294 g/mol. The molecule has 2 rings (SSSR count). The maximum atomic E-state index is 12.6. The Morgan fingerprint density at radius 2 is 1.95 bits per heavy atom. The lowest BCUT2D eigenvalue weighted by atomic mass is 9.96. The second kappa shape index (κ2) is 5.54. The smallest absolute Gasteiger partial charge is 0.390 e. The first-order chi connectivity index (χ1) is 8.91. The summed E-state index contributed by atoms with van der Waals surface area (Å²) in [5, 5.41) is 9.43. The molecule has 2 heterocycles. The van der Waals surface area contributed by atoms with Crippen molar-refractivity contribution < 1.29 is 18.3 Å². The van der Waals surface area contributed by atoms with Gasteiger partial charge < -0.3 is 10.0 Å². The fourth-order valence-electron chi connectivity index (χ4n) is 2.20. The van der Waals surface area contributed by atoms with E-state index < -0.39 is 12.1 Å². The fraction of sp³-hybridized carbons (Fsp3) is 0.583. The van der Waals surface area contributed by atoms with E-state index in [2.05, 4.69) is 4.98 Å². The summed E-state index contributed by atoms with van der Waals surface area (Å²) >= 11 is 5.83. The minimum absolute atomic E-state index is 0.0717. The molecule has 1 aromatic rings. The van der Waals surface area contributed by atoms with Crippen molar-refractivity contribution in [3.05, 3.63) is 22.8 Å². The number of pyridine rings is 1. The van der Waals surface area contributed by atoms with Gasteiger partial charge in [0.2, 0.25) is 0 Å². The molecule has 3 nitrogen and oxygen atoms in total. The highest BCUT2D eigenvalue weighted by Crippen LogP contribution is 2.35. The molecule has 1 fully saturated rings. The Labute approximate surface area is 114 Å². The van der Waals surface area contributed by atoms with Gasteiger partial charge in [0, 0.05) is 13.1 Å². The van der Waals surface area contributed by atoms with Gasteiger partial charge in [0.1, 0.15) is 5.82 Å². The van der Waals surface area contributed by atoms with Crippen LogP contribution >= 0.6 is 11.6 Å². The summed E-state index contributed by atoms with van der Waals surface area (Å²) in [4.78, 5) is 5.95. The second-order valence-corrected chi connectivity index (χ2v) is 4.97. The van der Waals surface area contributed by atoms with E-state index in [4.69, 9.17) is 16.7 Å². The Morgan fingerprint density at radius 3 is 2.47 bits per heavy atom. The minimum Gasteiger partial charge on any atom is -0.390 e. The summed E-state index contributed by atoms with van der Waals surface area (Å²) in [7, 11) is 0. The fourth-order valence-corrected chi connectivity index (χ4v) is 2.36. The zero-order valence-electron chi connectivity index (χ0n) is 10.1. The molecule has 0 aliphatic carbocycles. The van der Waals surface area contributed by atoms with E-state index in [1.54, 1.807) is 17.0 Å². The SMILES string of the molecule is OCc1nc(N2CCC(C(F)(F)F)CC2)ccc1Cl. The lowest BCUT2D eigenvalue weighted by Gasteiger charge is -2.33. The molecule has 1 N–H and O–H groups in total. The van der Waals surface area contributed by atoms with Gasteiger partial charge in [-0.25, -0.2) is 4.98 Å². The van der Waals surface area contributed by atoms with Crippen LogP contribution in [-0.2, 0) is 6.61 Å². The minimum atomic E-state index is -4.12. The van der Waals surface area contributed by atoms with E-state index in [9.17, 15) is 13.2 Å². The highest BCUT2D eigenvalue weighted by molar-refractivity contribution is 6.31. The Morgan fingerprint density at radius 1 is 1.32 bits per heavy atom. The van der Waals surface area contributed by atoms with E-state index in [0.717, 1.165) is 0 Å². The first-order valence-electron chi connectivity index (χ1n) is 5.99. The average Bonchev–Trinajstić information content (AvgIpc) is 2.38. The summed E-state index contributed by atoms with van der Waals surface area (Å²) in [6.07, 6.45) is -3.97. The van der Waals surface area contributed by atoms with Crippen molar-refractivity contribution >= 4 is 17.4 Å². The molecule has 0 aromatic carbocycles. The van der Waals surface area contributed by atoms with E-state index in [1.807, 2.05) is 0 Å². The van der Waals surface area contributed by atoms with Gasteiger partial charge in [-0.2, -0.15) is 13.2 Å². The molecule has 19 heavy (non-hydrogen) atoms. The Balaban J connectivity index is 2.05. The average molecular weight is 295 g/mol. The van der Waals surface area contributed by atoms with Crippen molar-refractivity contribution in [1.82, 2.24) is 4.98 Å². The van der Waals surface area contributed by atoms with E-state index >= 15 is 0 Å². The van der Waals surface area contributed by atoms with Gasteiger partial charge in [-0.3, -0.25) is 0 Å². The molecule has 0 atom stereocenters. The van der Waals surface area contributed by atoms with Gasteiger partial charge in [0.05, 0.1) is 23.2 Å². The molecule has 1 aromatic heterocycles. The van der Waals surface area contributed by atoms with Crippen LogP contribution in [0, 0.1) is 5.92 Å². The maximum Gasteiger partial charge on any atom is 0.391 e. The van der Waals surface area contributed by atoms with Crippen LogP contribution in [0.25, 0.3) is 0 Å². The summed E-state index contributed by atoms with van der Waals surface area (Å²) in [6, 6.07) is 3.26. The molecule has 0 spiro atoms. The number of piperidine rings is 1. The number of halogens is 4. The van der Waals surface area contributed by atoms with Gasteiger partial charge in [-0.1, -0.05) is 11.6 Å². The highest BCUT2D eigenvalue weighted by atomic mass is 35.5. The number of alkyl halides is 3. The van der Waals surface area contributed by atoms with E-state index in [0.29, 0.717) is 29.6 Å². The molecular formula is C12H14ClF3N2O. The third kappa shape index (κ3) is 3.30. The molecule has 7 heteroatoms. The molecule has 0 unspecified atom stereocenters. The van der Waals surface area contributed by atoms with Crippen LogP contribution in [0.1, 0.15) is 18.5 Å². The molecule has 0 amide bonds. The zero-order chi connectivity index (χ0) is 14.0. The highest BCUT2D eigenvalue weighted by Gasteiger charge is 2.41. The van der Waals surface area contributed by atoms with Gasteiger partial charge in [-0.15, -0.1) is 0 Å². The molecule has 106 valence electrons. The largest absolute Gasteiger partial charge is 0.391 e. The number of aromatic nitrogens is 1. The number of hydrogen-bond donors (Lipinski definition) is 1. The third-order valence-corrected chi connectivity index (χ3v) is 3.68. The van der Waals surface area contributed by atoms with Gasteiger partial charge in [0.25, 0.3) is 0 Å². The first kappa shape index (κ1) is 14.4. The second-order valence-electron chi connectivity index (χ2n) is 4.56. The topological polar surface area (TPSA) is 36.4 Å². The van der Waals surface area contributed by atoms with Crippen LogP contribution in [0.2, 0.25) is 5.02 Å². The normalized spacial score (nSPS) is 17.8. The first-order valence-corrected chi connectivity index (χ1v) is 6.37. The van der Waals surface area contributed by atoms with Crippen LogP contribution in [0.3, 0.4) is 0 Å². The van der Waals surface area contributed by atoms with Gasteiger partial charge >= 0.3 is 6.18 Å². The van der Waals surface area contributed by atoms with E-state index in [-0.39, 0.29) is 19.4 Å². The number of aliphatic hydroxyl groups excluding tert-OH is 1. The van der Waals surface area contributed by atoms with Crippen molar-refractivity contribution in [2.45, 2.75) is 25.6 Å². The van der Waals surface area contributed by atoms with Crippen molar-refractivity contribution in [2.75, 3.05) is 18.0 Å². The zero-order valence-corrected chi connectivity index (χ0v) is 10.9. The van der Waals surface area contributed by atoms with Gasteiger partial charge in [0.15, 0.2) is 0 Å². The van der Waals surface area contributed by atoms with Crippen molar-refractivity contribution in [2.24, 2.45) is 5.92 Å². The molecule has 0 bridgehead atoms. The maximum absolute atomic E-state index is 12.6. The number of aliphatic hydroxyl groups is 1. The number of nitrogens with zero attached hydrogens (tertiary/aromatic N) is 2. The third-order valence-electron chi connectivity index (χ3n) is 3.34. The van der Waals surface area contributed by atoms with Crippen molar-refractivity contribution in [3.8, 4) is 0 Å². The van der Waals surface area contributed by atoms with E-state index in [1.165, 1.54) is 0 Å². The number of hydrogen-bond acceptors (Lipinski definition) is 3. The van der Waals surface area contributed by atoms with Crippen LogP contribution in [0.4, 0.5) is 19.0 Å². The standard InChI is InChI=1S/C12H14ClF3N2O/c13-9-1-2-11(17-10(9)7-19)18-5-3-8(4-6-18)12(14,15)16/h1-2,8,19H,3-7H2.